The maximum Gasteiger partial charge on any atom is 0.189 e. The van der Waals surface area contributed by atoms with Crippen molar-refractivity contribution in [2.24, 2.45) is 5.92 Å². The third kappa shape index (κ3) is 2.20. The first-order chi connectivity index (χ1) is 8.40. The van der Waals surface area contributed by atoms with Crippen molar-refractivity contribution in [2.75, 3.05) is 0 Å². The van der Waals surface area contributed by atoms with Gasteiger partial charge in [0.25, 0.3) is 0 Å². The number of aromatic amines is 1. The number of aromatic nitrogens is 1. The van der Waals surface area contributed by atoms with Gasteiger partial charge in [-0.1, -0.05) is 26.8 Å². The Kier molecular flexibility index (Phi) is 3.29. The first kappa shape index (κ1) is 12.9. The van der Waals surface area contributed by atoms with Crippen LogP contribution in [-0.4, -0.2) is 4.98 Å². The minimum absolute atomic E-state index is 0.128. The van der Waals surface area contributed by atoms with Gasteiger partial charge in [0, 0.05) is 22.7 Å². The summed E-state index contributed by atoms with van der Waals surface area (Å²) in [6.07, 6.45) is 0. The maximum atomic E-state index is 12.2. The third-order valence-electron chi connectivity index (χ3n) is 3.78. The van der Waals surface area contributed by atoms with Gasteiger partial charge in [-0.25, -0.2) is 0 Å². The van der Waals surface area contributed by atoms with Crippen molar-refractivity contribution in [1.82, 2.24) is 4.98 Å². The number of rotatable bonds is 2. The van der Waals surface area contributed by atoms with E-state index in [9.17, 15) is 4.79 Å². The van der Waals surface area contributed by atoms with Crippen LogP contribution in [0.15, 0.2) is 23.0 Å². The van der Waals surface area contributed by atoms with Crippen LogP contribution in [0.1, 0.15) is 43.5 Å². The molecule has 2 heteroatoms. The van der Waals surface area contributed by atoms with E-state index < -0.39 is 0 Å². The Hall–Kier alpha value is -1.57. The lowest BCUT2D eigenvalue weighted by molar-refractivity contribution is 0.524. The van der Waals surface area contributed by atoms with E-state index in [-0.39, 0.29) is 5.43 Å². The number of hydrogen-bond donors (Lipinski definition) is 1. The van der Waals surface area contributed by atoms with Crippen LogP contribution >= 0.6 is 0 Å². The molecule has 0 saturated heterocycles. The molecule has 2 rings (SSSR count). The quantitative estimate of drug-likeness (QED) is 0.852. The highest BCUT2D eigenvalue weighted by Gasteiger charge is 2.13. The zero-order chi connectivity index (χ0) is 13.4. The molecule has 0 bridgehead atoms. The standard InChI is InChI=1S/C16H21NO/c1-9(2)12(5)13-8-15(18)16-11(4)6-10(3)7-14(16)17-13/h6-9,12H,1-5H3,(H,17,18). The van der Waals surface area contributed by atoms with E-state index in [1.807, 2.05) is 6.92 Å². The second-order valence-corrected chi connectivity index (χ2v) is 5.63. The zero-order valence-corrected chi connectivity index (χ0v) is 11.8. The molecule has 1 atom stereocenters. The van der Waals surface area contributed by atoms with Crippen LogP contribution in [0.2, 0.25) is 0 Å². The smallest absolute Gasteiger partial charge is 0.189 e. The van der Waals surface area contributed by atoms with Gasteiger partial charge in [0.15, 0.2) is 5.43 Å². The first-order valence-corrected chi connectivity index (χ1v) is 6.54. The molecule has 1 unspecified atom stereocenters. The average molecular weight is 243 g/mol. The van der Waals surface area contributed by atoms with Crippen LogP contribution in [-0.2, 0) is 0 Å². The minimum Gasteiger partial charge on any atom is -0.358 e. The molecule has 1 N–H and O–H groups in total. The van der Waals surface area contributed by atoms with Gasteiger partial charge in [-0.05, 0) is 42.9 Å². The first-order valence-electron chi connectivity index (χ1n) is 6.54. The van der Waals surface area contributed by atoms with Crippen LogP contribution in [0.4, 0.5) is 0 Å². The van der Waals surface area contributed by atoms with E-state index in [2.05, 4.69) is 44.8 Å². The van der Waals surface area contributed by atoms with Gasteiger partial charge in [0.1, 0.15) is 0 Å². The molecule has 1 heterocycles. The van der Waals surface area contributed by atoms with Gasteiger partial charge in [-0.3, -0.25) is 4.79 Å². The van der Waals surface area contributed by atoms with E-state index >= 15 is 0 Å². The summed E-state index contributed by atoms with van der Waals surface area (Å²) in [4.78, 5) is 15.7. The van der Waals surface area contributed by atoms with Gasteiger partial charge in [-0.15, -0.1) is 0 Å². The highest BCUT2D eigenvalue weighted by atomic mass is 16.1. The Morgan fingerprint density at radius 1 is 1.06 bits per heavy atom. The Bertz CT molecular complexity index is 637. The molecule has 2 aromatic rings. The van der Waals surface area contributed by atoms with Crippen LogP contribution in [0.25, 0.3) is 10.9 Å². The number of fused-ring (bicyclic) bond motifs is 1. The van der Waals surface area contributed by atoms with Crippen LogP contribution in [0.5, 0.6) is 0 Å². The predicted octanol–water partition coefficient (Wildman–Crippen LogP) is 3.90. The fourth-order valence-electron chi connectivity index (χ4n) is 2.40. The highest BCUT2D eigenvalue weighted by molar-refractivity contribution is 5.82. The maximum absolute atomic E-state index is 12.2. The zero-order valence-electron chi connectivity index (χ0n) is 11.8. The summed E-state index contributed by atoms with van der Waals surface area (Å²) >= 11 is 0. The molecule has 18 heavy (non-hydrogen) atoms. The molecule has 0 saturated carbocycles. The van der Waals surface area contributed by atoms with E-state index in [1.165, 1.54) is 5.56 Å². The molecular formula is C16H21NO. The van der Waals surface area contributed by atoms with Crippen molar-refractivity contribution in [3.8, 4) is 0 Å². The molecule has 0 radical (unpaired) electrons. The molecule has 1 aromatic carbocycles. The normalized spacial score (nSPS) is 13.2. The Labute approximate surface area is 108 Å². The molecule has 0 aliphatic carbocycles. The van der Waals surface area contributed by atoms with E-state index in [0.717, 1.165) is 22.2 Å². The topological polar surface area (TPSA) is 32.9 Å². The van der Waals surface area contributed by atoms with Crippen LogP contribution in [0.3, 0.4) is 0 Å². The summed E-state index contributed by atoms with van der Waals surface area (Å²) in [6.45, 7) is 10.6. The second-order valence-electron chi connectivity index (χ2n) is 5.63. The molecule has 2 nitrogen and oxygen atoms in total. The Balaban J connectivity index is 2.73. The molecule has 0 fully saturated rings. The van der Waals surface area contributed by atoms with Crippen molar-refractivity contribution < 1.29 is 0 Å². The van der Waals surface area contributed by atoms with E-state index in [4.69, 9.17) is 0 Å². The number of hydrogen-bond acceptors (Lipinski definition) is 1. The van der Waals surface area contributed by atoms with Crippen molar-refractivity contribution in [2.45, 2.75) is 40.5 Å². The van der Waals surface area contributed by atoms with E-state index in [0.29, 0.717) is 11.8 Å². The number of nitrogens with one attached hydrogen (secondary N) is 1. The number of pyridine rings is 1. The summed E-state index contributed by atoms with van der Waals surface area (Å²) < 4.78 is 0. The highest BCUT2D eigenvalue weighted by Crippen LogP contribution is 2.23. The predicted molar refractivity (Wildman–Crippen MR) is 77.3 cm³/mol. The minimum atomic E-state index is 0.128. The molecule has 0 spiro atoms. The summed E-state index contributed by atoms with van der Waals surface area (Å²) in [7, 11) is 0. The fraction of sp³-hybridized carbons (Fsp3) is 0.438. The molecule has 96 valence electrons. The average Bonchev–Trinajstić information content (AvgIpc) is 2.25. The summed E-state index contributed by atoms with van der Waals surface area (Å²) in [5, 5.41) is 0.820. The monoisotopic (exact) mass is 243 g/mol. The van der Waals surface area contributed by atoms with Crippen molar-refractivity contribution >= 4 is 10.9 Å². The van der Waals surface area contributed by atoms with Crippen molar-refractivity contribution in [3.63, 3.8) is 0 Å². The van der Waals surface area contributed by atoms with Crippen molar-refractivity contribution in [1.29, 1.82) is 0 Å². The van der Waals surface area contributed by atoms with Crippen LogP contribution < -0.4 is 5.43 Å². The van der Waals surface area contributed by atoms with Crippen molar-refractivity contribution in [3.05, 3.63) is 45.2 Å². The van der Waals surface area contributed by atoms with Gasteiger partial charge < -0.3 is 4.98 Å². The number of H-pyrrole nitrogens is 1. The largest absolute Gasteiger partial charge is 0.358 e. The molecular weight excluding hydrogens is 222 g/mol. The van der Waals surface area contributed by atoms with Gasteiger partial charge in [0.2, 0.25) is 0 Å². The molecule has 0 aliphatic heterocycles. The van der Waals surface area contributed by atoms with Gasteiger partial charge in [-0.2, -0.15) is 0 Å². The number of benzene rings is 1. The Morgan fingerprint density at radius 3 is 2.33 bits per heavy atom. The van der Waals surface area contributed by atoms with E-state index in [1.54, 1.807) is 6.07 Å². The Morgan fingerprint density at radius 2 is 1.72 bits per heavy atom. The summed E-state index contributed by atoms with van der Waals surface area (Å²) in [5.74, 6) is 0.881. The lowest BCUT2D eigenvalue weighted by atomic mass is 9.93. The third-order valence-corrected chi connectivity index (χ3v) is 3.78. The SMILES string of the molecule is Cc1cc(C)c2c(=O)cc(C(C)C(C)C)[nH]c2c1. The number of aryl methyl sites for hydroxylation is 2. The second kappa shape index (κ2) is 4.60. The summed E-state index contributed by atoms with van der Waals surface area (Å²) in [6, 6.07) is 5.87. The lowest BCUT2D eigenvalue weighted by Gasteiger charge is -2.16. The summed E-state index contributed by atoms with van der Waals surface area (Å²) in [5.41, 5.74) is 4.36. The molecule has 0 aliphatic rings. The molecule has 0 amide bonds. The van der Waals surface area contributed by atoms with Crippen LogP contribution in [0, 0.1) is 19.8 Å². The van der Waals surface area contributed by atoms with Gasteiger partial charge in [0.05, 0.1) is 0 Å². The fourth-order valence-corrected chi connectivity index (χ4v) is 2.40. The lowest BCUT2D eigenvalue weighted by Crippen LogP contribution is -2.11. The van der Waals surface area contributed by atoms with Gasteiger partial charge >= 0.3 is 0 Å². The molecule has 1 aromatic heterocycles.